The Labute approximate surface area is 187 Å². The molecule has 0 atom stereocenters. The molecule has 0 aliphatic carbocycles. The molecule has 0 heterocycles. The molecule has 10 heteroatoms. The summed E-state index contributed by atoms with van der Waals surface area (Å²) in [6.07, 6.45) is -1.21. The van der Waals surface area contributed by atoms with Gasteiger partial charge in [0, 0.05) is 5.69 Å². The summed E-state index contributed by atoms with van der Waals surface area (Å²) in [5, 5.41) is 2.31. The molecule has 0 aliphatic heterocycles. The number of hydrogen-bond donors (Lipinski definition) is 1. The summed E-state index contributed by atoms with van der Waals surface area (Å²) in [5.41, 5.74) is -1.77. The smallest absolute Gasteiger partial charge is 0.469 e. The van der Waals surface area contributed by atoms with Crippen molar-refractivity contribution < 1.29 is 83.4 Å². The molecule has 1 rings (SSSR count). The predicted molar refractivity (Wildman–Crippen MR) is 85.5 cm³/mol. The van der Waals surface area contributed by atoms with Crippen LogP contribution >= 0.6 is 0 Å². The molecule has 0 radical (unpaired) electrons. The third-order valence-corrected chi connectivity index (χ3v) is 3.07. The van der Waals surface area contributed by atoms with E-state index in [4.69, 9.17) is 4.74 Å². The molecule has 0 bridgehead atoms. The Morgan fingerprint density at radius 2 is 1.76 bits per heavy atom. The molecule has 0 fully saturated rings. The van der Waals surface area contributed by atoms with Gasteiger partial charge in [-0.05, 0) is 39.3 Å². The molecule has 0 spiro atoms. The van der Waals surface area contributed by atoms with Crippen molar-refractivity contribution in [2.75, 3.05) is 12.4 Å². The van der Waals surface area contributed by atoms with Gasteiger partial charge in [0.25, 0.3) is 0 Å². The molecular weight excluding hydrogens is 365 g/mol. The van der Waals surface area contributed by atoms with Gasteiger partial charge in [-0.1, -0.05) is 11.6 Å². The average molecular weight is 385 g/mol. The van der Waals surface area contributed by atoms with Crippen LogP contribution in [0.2, 0.25) is 0 Å². The third-order valence-electron chi connectivity index (χ3n) is 3.07. The largest absolute Gasteiger partial charge is 1.00 e. The minimum Gasteiger partial charge on any atom is -0.469 e. The second-order valence-corrected chi connectivity index (χ2v) is 6.31. The standard InChI is InChI=1S/C15H20BF3NO4.K/c1-9-11(16(17,18)19)6-10(8-13(21)23-5)7-12(9)20-14(22)24-15(2,3)4;/h6-7H,8H2,1-5H3,(H,20,22);/q-1;+1. The van der Waals surface area contributed by atoms with E-state index >= 15 is 0 Å². The Morgan fingerprint density at radius 3 is 2.20 bits per heavy atom. The average Bonchev–Trinajstić information content (AvgIpc) is 2.38. The van der Waals surface area contributed by atoms with Crippen molar-refractivity contribution in [1.82, 2.24) is 0 Å². The zero-order valence-electron chi connectivity index (χ0n) is 15.2. The Balaban J connectivity index is 0.00000576. The Kier molecular flexibility index (Phi) is 9.20. The topological polar surface area (TPSA) is 64.6 Å². The Bertz CT molecular complexity index is 645. The van der Waals surface area contributed by atoms with E-state index in [2.05, 4.69) is 10.1 Å². The number of amides is 1. The minimum atomic E-state index is -5.31. The first kappa shape index (κ1) is 24.5. The monoisotopic (exact) mass is 385 g/mol. The summed E-state index contributed by atoms with van der Waals surface area (Å²) in [5.74, 6) is -0.678. The van der Waals surface area contributed by atoms with Crippen molar-refractivity contribution in [2.45, 2.75) is 39.7 Å². The van der Waals surface area contributed by atoms with E-state index in [0.717, 1.165) is 13.2 Å². The van der Waals surface area contributed by atoms with Gasteiger partial charge in [-0.15, -0.1) is 5.46 Å². The Morgan fingerprint density at radius 1 is 1.20 bits per heavy atom. The van der Waals surface area contributed by atoms with Crippen LogP contribution in [-0.2, 0) is 20.7 Å². The number of anilines is 1. The molecule has 134 valence electrons. The zero-order chi connectivity index (χ0) is 18.7. The first-order valence-corrected chi connectivity index (χ1v) is 7.23. The fourth-order valence-corrected chi connectivity index (χ4v) is 2.02. The van der Waals surface area contributed by atoms with E-state index in [1.165, 1.54) is 13.0 Å². The van der Waals surface area contributed by atoms with Crippen LogP contribution < -0.4 is 62.2 Å². The summed E-state index contributed by atoms with van der Waals surface area (Å²) in [4.78, 5) is 23.2. The van der Waals surface area contributed by atoms with Crippen molar-refractivity contribution in [3.63, 3.8) is 0 Å². The quantitative estimate of drug-likeness (QED) is 0.591. The molecule has 0 saturated heterocycles. The maximum Gasteiger partial charge on any atom is 1.00 e. The van der Waals surface area contributed by atoms with Crippen LogP contribution in [0.1, 0.15) is 31.9 Å². The first-order chi connectivity index (χ1) is 10.8. The number of benzene rings is 1. The van der Waals surface area contributed by atoms with E-state index in [9.17, 15) is 22.5 Å². The number of halogens is 3. The van der Waals surface area contributed by atoms with Gasteiger partial charge in [0.2, 0.25) is 0 Å². The van der Waals surface area contributed by atoms with Gasteiger partial charge in [-0.3, -0.25) is 10.1 Å². The maximum absolute atomic E-state index is 13.2. The van der Waals surface area contributed by atoms with Crippen LogP contribution in [0, 0.1) is 6.92 Å². The van der Waals surface area contributed by atoms with Gasteiger partial charge >= 0.3 is 70.4 Å². The fraction of sp³-hybridized carbons (Fsp3) is 0.467. The molecule has 0 aromatic heterocycles. The molecule has 1 aromatic carbocycles. The van der Waals surface area contributed by atoms with Crippen molar-refractivity contribution >= 4 is 30.2 Å². The summed E-state index contributed by atoms with van der Waals surface area (Å²) < 4.78 is 49.2. The van der Waals surface area contributed by atoms with Crippen LogP contribution in [0.4, 0.5) is 23.4 Å². The third kappa shape index (κ3) is 8.12. The van der Waals surface area contributed by atoms with Crippen LogP contribution in [0.3, 0.4) is 0 Å². The Hall–Kier alpha value is -0.549. The molecule has 1 aromatic rings. The summed E-state index contributed by atoms with van der Waals surface area (Å²) >= 11 is 0. The van der Waals surface area contributed by atoms with E-state index in [1.54, 1.807) is 20.8 Å². The normalized spacial score (nSPS) is 11.4. The zero-order valence-corrected chi connectivity index (χ0v) is 18.3. The van der Waals surface area contributed by atoms with E-state index in [-0.39, 0.29) is 74.6 Å². The van der Waals surface area contributed by atoms with Crippen LogP contribution in [0.25, 0.3) is 0 Å². The molecule has 0 saturated carbocycles. The van der Waals surface area contributed by atoms with Crippen LogP contribution in [0.15, 0.2) is 12.1 Å². The van der Waals surface area contributed by atoms with Gasteiger partial charge in [-0.25, -0.2) is 4.79 Å². The molecule has 1 amide bonds. The fourth-order valence-electron chi connectivity index (χ4n) is 2.02. The minimum absolute atomic E-state index is 0. The van der Waals surface area contributed by atoms with Crippen molar-refractivity contribution in [2.24, 2.45) is 0 Å². The number of esters is 1. The molecule has 5 nitrogen and oxygen atoms in total. The molecule has 1 N–H and O–H groups in total. The summed E-state index contributed by atoms with van der Waals surface area (Å²) in [6, 6.07) is 2.20. The number of carbonyl (C=O) groups excluding carboxylic acids is 2. The van der Waals surface area contributed by atoms with Gasteiger partial charge in [0.05, 0.1) is 13.5 Å². The molecule has 0 aliphatic rings. The van der Waals surface area contributed by atoms with Crippen LogP contribution in [-0.4, -0.2) is 31.8 Å². The second-order valence-electron chi connectivity index (χ2n) is 6.31. The summed E-state index contributed by atoms with van der Waals surface area (Å²) in [7, 11) is 1.14. The summed E-state index contributed by atoms with van der Waals surface area (Å²) in [6.45, 7) is 0.850. The van der Waals surface area contributed by atoms with Gasteiger partial charge in [0.15, 0.2) is 0 Å². The SMILES string of the molecule is COC(=O)Cc1cc(NC(=O)OC(C)(C)C)c(C)c([B-](F)(F)F)c1.[K+]. The number of carbonyl (C=O) groups is 2. The second kappa shape index (κ2) is 9.41. The van der Waals surface area contributed by atoms with Crippen molar-refractivity contribution in [3.05, 3.63) is 23.3 Å². The molecular formula is C15H20BF3KNO4. The van der Waals surface area contributed by atoms with Gasteiger partial charge in [0.1, 0.15) is 5.60 Å². The van der Waals surface area contributed by atoms with Crippen LogP contribution in [0.5, 0.6) is 0 Å². The molecule has 25 heavy (non-hydrogen) atoms. The van der Waals surface area contributed by atoms with Gasteiger partial charge < -0.3 is 22.4 Å². The maximum atomic E-state index is 13.2. The van der Waals surface area contributed by atoms with Gasteiger partial charge in [-0.2, -0.15) is 0 Å². The number of methoxy groups -OCH3 is 1. The number of rotatable bonds is 4. The van der Waals surface area contributed by atoms with E-state index < -0.39 is 30.1 Å². The van der Waals surface area contributed by atoms with Crippen molar-refractivity contribution in [1.29, 1.82) is 0 Å². The number of hydrogen-bond acceptors (Lipinski definition) is 4. The van der Waals surface area contributed by atoms with E-state index in [0.29, 0.717) is 0 Å². The van der Waals surface area contributed by atoms with E-state index in [1.807, 2.05) is 0 Å². The first-order valence-electron chi connectivity index (χ1n) is 7.23. The number of ether oxygens (including phenoxy) is 2. The predicted octanol–water partition coefficient (Wildman–Crippen LogP) is 0.116. The van der Waals surface area contributed by atoms with Crippen molar-refractivity contribution in [3.8, 4) is 0 Å². The number of nitrogens with one attached hydrogen (secondary N) is 1. The molecule has 0 unspecified atom stereocenters.